The number of nitrogens with one attached hydrogen (secondary N) is 1. The molecule has 0 aliphatic carbocycles. The zero-order valence-electron chi connectivity index (χ0n) is 4.26. The minimum atomic E-state index is -0.441. The van der Waals surface area contributed by atoms with E-state index in [-0.39, 0.29) is 12.7 Å². The molecule has 1 aliphatic rings. The van der Waals surface area contributed by atoms with Crippen LogP contribution in [0.2, 0.25) is 0 Å². The number of hydrogen-bond donors (Lipinski definition) is 2. The van der Waals surface area contributed by atoms with Crippen molar-refractivity contribution >= 4 is 6.09 Å². The second-order valence-electron chi connectivity index (χ2n) is 1.59. The van der Waals surface area contributed by atoms with Crippen molar-refractivity contribution < 1.29 is 14.6 Å². The van der Waals surface area contributed by atoms with Crippen molar-refractivity contribution in [3.8, 4) is 0 Å². The molecule has 1 unspecified atom stereocenters. The highest BCUT2D eigenvalue weighted by Gasteiger charge is 2.20. The first-order chi connectivity index (χ1) is 3.83. The van der Waals surface area contributed by atoms with Crippen LogP contribution in [0.1, 0.15) is 0 Å². The number of aliphatic hydroxyl groups excluding tert-OH is 1. The van der Waals surface area contributed by atoms with E-state index in [1.165, 1.54) is 0 Å². The summed E-state index contributed by atoms with van der Waals surface area (Å²) < 4.78 is 4.51. The highest BCUT2D eigenvalue weighted by atomic mass is 16.6. The van der Waals surface area contributed by atoms with E-state index >= 15 is 0 Å². The Balaban J connectivity index is 2.32. The topological polar surface area (TPSA) is 58.6 Å². The number of amides is 1. The average molecular weight is 117 g/mol. The molecule has 2 N–H and O–H groups in total. The van der Waals surface area contributed by atoms with Gasteiger partial charge in [-0.1, -0.05) is 0 Å². The second-order valence-corrected chi connectivity index (χ2v) is 1.59. The Morgan fingerprint density at radius 2 is 2.75 bits per heavy atom. The van der Waals surface area contributed by atoms with Gasteiger partial charge in [0.05, 0.1) is 13.2 Å². The van der Waals surface area contributed by atoms with Gasteiger partial charge in [0.15, 0.2) is 0 Å². The van der Waals surface area contributed by atoms with Crippen LogP contribution in [0.5, 0.6) is 0 Å². The van der Waals surface area contributed by atoms with Gasteiger partial charge in [0.1, 0.15) is 6.10 Å². The van der Waals surface area contributed by atoms with Gasteiger partial charge >= 0.3 is 6.09 Å². The molecular formula is C4H7NO3. The fourth-order valence-electron chi connectivity index (χ4n) is 0.534. The molecule has 1 fully saturated rings. The van der Waals surface area contributed by atoms with Crippen LogP contribution in [-0.2, 0) is 4.74 Å². The van der Waals surface area contributed by atoms with Crippen LogP contribution in [-0.4, -0.2) is 30.5 Å². The second kappa shape index (κ2) is 2.00. The Bertz CT molecular complexity index is 103. The lowest BCUT2D eigenvalue weighted by molar-refractivity contribution is 0.0961. The van der Waals surface area contributed by atoms with Gasteiger partial charge < -0.3 is 15.2 Å². The van der Waals surface area contributed by atoms with E-state index in [2.05, 4.69) is 10.1 Å². The summed E-state index contributed by atoms with van der Waals surface area (Å²) in [4.78, 5) is 10.2. The normalized spacial score (nSPS) is 27.1. The molecule has 0 aromatic carbocycles. The van der Waals surface area contributed by atoms with Gasteiger partial charge in [-0.25, -0.2) is 4.79 Å². The van der Waals surface area contributed by atoms with Gasteiger partial charge in [-0.05, 0) is 0 Å². The Morgan fingerprint density at radius 1 is 2.00 bits per heavy atom. The minimum absolute atomic E-state index is 0.0985. The molecule has 1 saturated heterocycles. The summed E-state index contributed by atoms with van der Waals surface area (Å²) in [5.74, 6) is 0. The standard InChI is InChI=1S/C4H7NO3/c6-2-3-1-5-4(7)8-3/h3,6H,1-2H2,(H,5,7). The average Bonchev–Trinajstić information content (AvgIpc) is 2.14. The lowest BCUT2D eigenvalue weighted by Gasteiger charge is -1.98. The van der Waals surface area contributed by atoms with Gasteiger partial charge in [0.2, 0.25) is 0 Å². The third-order valence-electron chi connectivity index (χ3n) is 0.951. The predicted molar refractivity (Wildman–Crippen MR) is 25.4 cm³/mol. The van der Waals surface area contributed by atoms with E-state index in [4.69, 9.17) is 5.11 Å². The molecule has 1 atom stereocenters. The molecule has 4 nitrogen and oxygen atoms in total. The molecule has 1 amide bonds. The van der Waals surface area contributed by atoms with Gasteiger partial charge in [0.25, 0.3) is 0 Å². The zero-order chi connectivity index (χ0) is 5.98. The molecule has 1 rings (SSSR count). The van der Waals surface area contributed by atoms with Crippen molar-refractivity contribution in [2.45, 2.75) is 6.10 Å². The number of carbonyl (C=O) groups excluding carboxylic acids is 1. The van der Waals surface area contributed by atoms with Crippen molar-refractivity contribution in [3.63, 3.8) is 0 Å². The summed E-state index contributed by atoms with van der Waals surface area (Å²) in [6.07, 6.45) is -0.772. The minimum Gasteiger partial charge on any atom is -0.442 e. The number of rotatable bonds is 1. The molecule has 4 heteroatoms. The Labute approximate surface area is 46.4 Å². The third kappa shape index (κ3) is 0.894. The molecule has 1 heterocycles. The Morgan fingerprint density at radius 3 is 3.00 bits per heavy atom. The van der Waals surface area contributed by atoms with Crippen molar-refractivity contribution in [1.82, 2.24) is 5.32 Å². The molecule has 46 valence electrons. The highest BCUT2D eigenvalue weighted by Crippen LogP contribution is 1.96. The van der Waals surface area contributed by atoms with Gasteiger partial charge in [0, 0.05) is 0 Å². The maximum Gasteiger partial charge on any atom is 0.407 e. The lowest BCUT2D eigenvalue weighted by atomic mass is 10.4. The molecule has 0 saturated carbocycles. The summed E-state index contributed by atoms with van der Waals surface area (Å²) in [5.41, 5.74) is 0. The quantitative estimate of drug-likeness (QED) is 0.467. The van der Waals surface area contributed by atoms with Crippen LogP contribution in [0, 0.1) is 0 Å². The first-order valence-corrected chi connectivity index (χ1v) is 2.38. The van der Waals surface area contributed by atoms with E-state index in [1.54, 1.807) is 0 Å². The maximum absolute atomic E-state index is 10.2. The number of alkyl carbamates (subject to hydrolysis) is 1. The van der Waals surface area contributed by atoms with Crippen molar-refractivity contribution in [2.75, 3.05) is 13.2 Å². The third-order valence-corrected chi connectivity index (χ3v) is 0.951. The number of hydrogen-bond acceptors (Lipinski definition) is 3. The maximum atomic E-state index is 10.2. The molecule has 0 aromatic rings. The highest BCUT2D eigenvalue weighted by molar-refractivity contribution is 5.69. The lowest BCUT2D eigenvalue weighted by Crippen LogP contribution is -2.17. The Hall–Kier alpha value is -0.770. The van der Waals surface area contributed by atoms with Crippen molar-refractivity contribution in [1.29, 1.82) is 0 Å². The smallest absolute Gasteiger partial charge is 0.407 e. The van der Waals surface area contributed by atoms with Gasteiger partial charge in [-0.3, -0.25) is 0 Å². The Kier molecular flexibility index (Phi) is 1.34. The van der Waals surface area contributed by atoms with Crippen LogP contribution in [0.25, 0.3) is 0 Å². The van der Waals surface area contributed by atoms with Crippen LogP contribution >= 0.6 is 0 Å². The van der Waals surface area contributed by atoms with Crippen LogP contribution < -0.4 is 5.32 Å². The fraction of sp³-hybridized carbons (Fsp3) is 0.750. The van der Waals surface area contributed by atoms with Crippen molar-refractivity contribution in [2.24, 2.45) is 0 Å². The van der Waals surface area contributed by atoms with E-state index in [0.29, 0.717) is 6.54 Å². The monoisotopic (exact) mass is 117 g/mol. The first kappa shape index (κ1) is 5.37. The summed E-state index contributed by atoms with van der Waals surface area (Å²) in [5, 5.41) is 10.8. The molecular weight excluding hydrogens is 110 g/mol. The van der Waals surface area contributed by atoms with Gasteiger partial charge in [-0.2, -0.15) is 0 Å². The SMILES string of the molecule is O=C1NCC(CO)O1. The number of carbonyl (C=O) groups is 1. The van der Waals surface area contributed by atoms with E-state index in [9.17, 15) is 4.79 Å². The van der Waals surface area contributed by atoms with E-state index < -0.39 is 6.09 Å². The van der Waals surface area contributed by atoms with E-state index in [1.807, 2.05) is 0 Å². The number of cyclic esters (lactones) is 1. The zero-order valence-corrected chi connectivity index (χ0v) is 4.26. The largest absolute Gasteiger partial charge is 0.442 e. The van der Waals surface area contributed by atoms with Crippen LogP contribution in [0.4, 0.5) is 4.79 Å². The van der Waals surface area contributed by atoms with Crippen LogP contribution in [0.15, 0.2) is 0 Å². The summed E-state index contributed by atoms with van der Waals surface area (Å²) in [6.45, 7) is 0.327. The predicted octanol–water partition coefficient (Wildman–Crippen LogP) is -0.913. The first-order valence-electron chi connectivity index (χ1n) is 2.38. The van der Waals surface area contributed by atoms with Gasteiger partial charge in [-0.15, -0.1) is 0 Å². The van der Waals surface area contributed by atoms with E-state index in [0.717, 1.165) is 0 Å². The van der Waals surface area contributed by atoms with Crippen LogP contribution in [0.3, 0.4) is 0 Å². The summed E-state index contributed by atoms with van der Waals surface area (Å²) in [7, 11) is 0. The molecule has 8 heavy (non-hydrogen) atoms. The fourth-order valence-corrected chi connectivity index (χ4v) is 0.534. The number of aliphatic hydroxyl groups is 1. The molecule has 0 radical (unpaired) electrons. The van der Waals surface area contributed by atoms with Crippen molar-refractivity contribution in [3.05, 3.63) is 0 Å². The molecule has 0 bridgehead atoms. The summed E-state index contributed by atoms with van der Waals surface area (Å²) in [6, 6.07) is 0. The summed E-state index contributed by atoms with van der Waals surface area (Å²) >= 11 is 0. The molecule has 1 aliphatic heterocycles. The molecule has 0 aromatic heterocycles. The molecule has 0 spiro atoms. The number of ether oxygens (including phenoxy) is 1.